The minimum atomic E-state index is -0.510. The number of H-pyrrole nitrogens is 1. The third kappa shape index (κ3) is 4.52. The summed E-state index contributed by atoms with van der Waals surface area (Å²) in [4.78, 5) is 26.2. The van der Waals surface area contributed by atoms with Gasteiger partial charge in [-0.3, -0.25) is 9.59 Å². The van der Waals surface area contributed by atoms with Crippen LogP contribution in [0.15, 0.2) is 35.1 Å². The van der Waals surface area contributed by atoms with Crippen LogP contribution < -0.4 is 10.9 Å². The van der Waals surface area contributed by atoms with E-state index in [1.165, 1.54) is 0 Å². The summed E-state index contributed by atoms with van der Waals surface area (Å²) >= 11 is 0. The molecule has 6 heteroatoms. The largest absolute Gasteiger partial charge is 0.344 e. The van der Waals surface area contributed by atoms with E-state index >= 15 is 0 Å². The molecule has 0 aliphatic carbocycles. The molecule has 0 fully saturated rings. The predicted molar refractivity (Wildman–Crippen MR) is 81.1 cm³/mol. The van der Waals surface area contributed by atoms with Gasteiger partial charge in [-0.05, 0) is 26.0 Å². The van der Waals surface area contributed by atoms with Crippen molar-refractivity contribution in [2.45, 2.75) is 33.7 Å². The Hall–Kier alpha value is -2.50. The first-order chi connectivity index (χ1) is 10.1. The third-order valence-corrected chi connectivity index (χ3v) is 2.63. The Morgan fingerprint density at radius 3 is 2.38 bits per heavy atom. The van der Waals surface area contributed by atoms with Gasteiger partial charge in [-0.25, -0.2) is 0 Å². The second-order valence-electron chi connectivity index (χ2n) is 4.19. The maximum Gasteiger partial charge on any atom is 0.275 e. The highest BCUT2D eigenvalue weighted by molar-refractivity contribution is 5.94. The molecule has 2 rings (SSSR count). The molecular weight excluding hydrogens is 268 g/mol. The Bertz CT molecular complexity index is 638. The SMILES string of the molecule is CC.Cc1nnc(C(C)NC(=O)c2ccccc2)c(=O)[nH]1. The van der Waals surface area contributed by atoms with Crippen LogP contribution >= 0.6 is 0 Å². The zero-order chi connectivity index (χ0) is 15.8. The van der Waals surface area contributed by atoms with Gasteiger partial charge in [0.1, 0.15) is 11.5 Å². The fourth-order valence-electron chi connectivity index (χ4n) is 1.65. The van der Waals surface area contributed by atoms with Gasteiger partial charge in [-0.15, -0.1) is 10.2 Å². The Labute approximate surface area is 123 Å². The fraction of sp³-hybridized carbons (Fsp3) is 0.333. The van der Waals surface area contributed by atoms with Crippen molar-refractivity contribution < 1.29 is 4.79 Å². The van der Waals surface area contributed by atoms with Gasteiger partial charge >= 0.3 is 0 Å². The molecule has 21 heavy (non-hydrogen) atoms. The molecule has 0 aliphatic rings. The summed E-state index contributed by atoms with van der Waals surface area (Å²) in [6, 6.07) is 8.27. The molecule has 1 atom stereocenters. The minimum Gasteiger partial charge on any atom is -0.344 e. The van der Waals surface area contributed by atoms with Gasteiger partial charge in [0, 0.05) is 5.56 Å². The monoisotopic (exact) mass is 288 g/mol. The molecule has 0 aliphatic heterocycles. The van der Waals surface area contributed by atoms with E-state index in [4.69, 9.17) is 0 Å². The van der Waals surface area contributed by atoms with Crippen molar-refractivity contribution in [1.29, 1.82) is 0 Å². The molecular formula is C15H20N4O2. The van der Waals surface area contributed by atoms with Gasteiger partial charge in [0.05, 0.1) is 6.04 Å². The van der Waals surface area contributed by atoms with Crippen LogP contribution in [0, 0.1) is 6.92 Å². The maximum atomic E-state index is 11.9. The summed E-state index contributed by atoms with van der Waals surface area (Å²) in [5.41, 5.74) is 0.383. The van der Waals surface area contributed by atoms with Crippen molar-refractivity contribution in [3.8, 4) is 0 Å². The van der Waals surface area contributed by atoms with E-state index in [9.17, 15) is 9.59 Å². The number of rotatable bonds is 3. The lowest BCUT2D eigenvalue weighted by molar-refractivity contribution is 0.0938. The molecule has 0 bridgehead atoms. The molecule has 0 saturated heterocycles. The van der Waals surface area contributed by atoms with Crippen LogP contribution in [0.5, 0.6) is 0 Å². The van der Waals surface area contributed by atoms with Gasteiger partial charge in [0.15, 0.2) is 0 Å². The number of hydrogen-bond acceptors (Lipinski definition) is 4. The molecule has 1 aromatic heterocycles. The van der Waals surface area contributed by atoms with Gasteiger partial charge < -0.3 is 10.3 Å². The van der Waals surface area contributed by atoms with Crippen molar-refractivity contribution in [1.82, 2.24) is 20.5 Å². The van der Waals surface area contributed by atoms with Crippen LogP contribution in [-0.4, -0.2) is 21.1 Å². The lowest BCUT2D eigenvalue weighted by atomic mass is 10.2. The molecule has 6 nitrogen and oxygen atoms in total. The highest BCUT2D eigenvalue weighted by Gasteiger charge is 2.15. The van der Waals surface area contributed by atoms with Crippen molar-refractivity contribution in [3.63, 3.8) is 0 Å². The van der Waals surface area contributed by atoms with E-state index in [0.29, 0.717) is 11.4 Å². The van der Waals surface area contributed by atoms with Crippen LogP contribution in [-0.2, 0) is 0 Å². The number of carbonyl (C=O) groups is 1. The second-order valence-corrected chi connectivity index (χ2v) is 4.19. The number of hydrogen-bond donors (Lipinski definition) is 2. The summed E-state index contributed by atoms with van der Waals surface area (Å²) < 4.78 is 0. The van der Waals surface area contributed by atoms with Gasteiger partial charge in [-0.2, -0.15) is 0 Å². The molecule has 0 radical (unpaired) electrons. The van der Waals surface area contributed by atoms with Gasteiger partial charge in [0.2, 0.25) is 0 Å². The Morgan fingerprint density at radius 2 is 1.81 bits per heavy atom. The highest BCUT2D eigenvalue weighted by atomic mass is 16.2. The molecule has 1 aromatic carbocycles. The molecule has 2 N–H and O–H groups in total. The van der Waals surface area contributed by atoms with Crippen LogP contribution in [0.3, 0.4) is 0 Å². The molecule has 112 valence electrons. The zero-order valence-corrected chi connectivity index (χ0v) is 12.7. The van der Waals surface area contributed by atoms with Crippen LogP contribution in [0.4, 0.5) is 0 Å². The van der Waals surface area contributed by atoms with E-state index in [2.05, 4.69) is 20.5 Å². The van der Waals surface area contributed by atoms with Crippen molar-refractivity contribution >= 4 is 5.91 Å². The zero-order valence-electron chi connectivity index (χ0n) is 12.7. The van der Waals surface area contributed by atoms with E-state index < -0.39 is 6.04 Å². The second kappa shape index (κ2) is 7.94. The van der Waals surface area contributed by atoms with E-state index in [-0.39, 0.29) is 17.2 Å². The van der Waals surface area contributed by atoms with E-state index in [1.807, 2.05) is 19.9 Å². The number of carbonyl (C=O) groups excluding carboxylic acids is 1. The molecule has 0 saturated carbocycles. The maximum absolute atomic E-state index is 11.9. The molecule has 1 heterocycles. The van der Waals surface area contributed by atoms with Crippen LogP contribution in [0.1, 0.15) is 48.7 Å². The van der Waals surface area contributed by atoms with Crippen molar-refractivity contribution in [3.05, 3.63) is 57.8 Å². The van der Waals surface area contributed by atoms with Gasteiger partial charge in [-0.1, -0.05) is 32.0 Å². The number of nitrogens with zero attached hydrogens (tertiary/aromatic N) is 2. The first kappa shape index (κ1) is 16.6. The first-order valence-corrected chi connectivity index (χ1v) is 6.87. The van der Waals surface area contributed by atoms with E-state index in [1.54, 1.807) is 38.1 Å². The number of nitrogens with one attached hydrogen (secondary N) is 2. The molecule has 1 unspecified atom stereocenters. The Kier molecular flexibility index (Phi) is 6.26. The summed E-state index contributed by atoms with van der Waals surface area (Å²) in [6.07, 6.45) is 0. The Morgan fingerprint density at radius 1 is 1.19 bits per heavy atom. The average molecular weight is 288 g/mol. The minimum absolute atomic E-state index is 0.190. The summed E-state index contributed by atoms with van der Waals surface area (Å²) in [5.74, 6) is 0.185. The lowest BCUT2D eigenvalue weighted by Gasteiger charge is -2.12. The topological polar surface area (TPSA) is 87.7 Å². The number of benzene rings is 1. The van der Waals surface area contributed by atoms with Crippen LogP contribution in [0.25, 0.3) is 0 Å². The standard InChI is InChI=1S/C13H14N4O2.C2H6/c1-8(11-13(19)15-9(2)16-17-11)14-12(18)10-6-4-3-5-7-10;1-2/h3-8H,1-2H3,(H,14,18)(H,15,16,19);1-2H3. The number of aryl methyl sites for hydroxylation is 1. The lowest BCUT2D eigenvalue weighted by Crippen LogP contribution is -2.32. The number of aromatic nitrogens is 3. The smallest absolute Gasteiger partial charge is 0.275 e. The quantitative estimate of drug-likeness (QED) is 0.904. The first-order valence-electron chi connectivity index (χ1n) is 6.87. The number of aromatic amines is 1. The molecule has 2 aromatic rings. The normalized spacial score (nSPS) is 11.0. The summed E-state index contributed by atoms with van der Waals surface area (Å²) in [6.45, 7) is 7.33. The third-order valence-electron chi connectivity index (χ3n) is 2.63. The highest BCUT2D eigenvalue weighted by Crippen LogP contribution is 2.05. The molecule has 1 amide bonds. The van der Waals surface area contributed by atoms with Crippen molar-refractivity contribution in [2.24, 2.45) is 0 Å². The fourth-order valence-corrected chi connectivity index (χ4v) is 1.65. The summed E-state index contributed by atoms with van der Waals surface area (Å²) in [5, 5.41) is 10.3. The summed E-state index contributed by atoms with van der Waals surface area (Å²) in [7, 11) is 0. The van der Waals surface area contributed by atoms with Crippen LogP contribution in [0.2, 0.25) is 0 Å². The predicted octanol–water partition coefficient (Wildman–Crippen LogP) is 1.99. The average Bonchev–Trinajstić information content (AvgIpc) is 2.50. The van der Waals surface area contributed by atoms with Crippen molar-refractivity contribution in [2.75, 3.05) is 0 Å². The van der Waals surface area contributed by atoms with Gasteiger partial charge in [0.25, 0.3) is 11.5 Å². The number of amides is 1. The van der Waals surface area contributed by atoms with E-state index in [0.717, 1.165) is 0 Å². The molecule has 0 spiro atoms. The Balaban J connectivity index is 0.00000106.